The third kappa shape index (κ3) is 3.50. The molecule has 2 aromatic rings. The fourth-order valence-electron chi connectivity index (χ4n) is 2.69. The summed E-state index contributed by atoms with van der Waals surface area (Å²) in [5.74, 6) is -1.56. The Balaban J connectivity index is 1.60. The number of carbonyl (C=O) groups is 1. The normalized spacial score (nSPS) is 15.2. The number of amides is 1. The molecule has 0 bridgehead atoms. The largest absolute Gasteiger partial charge is 0.505 e. The summed E-state index contributed by atoms with van der Waals surface area (Å²) in [5, 5.41) is 12.1. The third-order valence-corrected chi connectivity index (χ3v) is 4.16. The molecule has 0 spiro atoms. The quantitative estimate of drug-likeness (QED) is 0.888. The van der Waals surface area contributed by atoms with Crippen molar-refractivity contribution in [2.75, 3.05) is 0 Å². The van der Waals surface area contributed by atoms with Crippen molar-refractivity contribution in [3.05, 3.63) is 65.2 Å². The topological polar surface area (TPSA) is 49.3 Å². The van der Waals surface area contributed by atoms with E-state index in [1.165, 1.54) is 24.3 Å². The first kappa shape index (κ1) is 15.5. The van der Waals surface area contributed by atoms with Gasteiger partial charge in [-0.1, -0.05) is 18.2 Å². The van der Waals surface area contributed by atoms with E-state index in [9.17, 15) is 13.6 Å². The highest BCUT2D eigenvalue weighted by atomic mass is 19.1. The SMILES string of the molecule is O=C(CCc1ccc(O)c(F)c1)NC1(c2cccc(F)c2)CC1. The minimum absolute atomic E-state index is 0.153. The van der Waals surface area contributed by atoms with E-state index >= 15 is 0 Å². The van der Waals surface area contributed by atoms with Gasteiger partial charge in [0.05, 0.1) is 5.54 Å². The number of phenols is 1. The van der Waals surface area contributed by atoms with Gasteiger partial charge in [-0.25, -0.2) is 8.78 Å². The molecule has 0 heterocycles. The van der Waals surface area contributed by atoms with E-state index in [2.05, 4.69) is 5.32 Å². The van der Waals surface area contributed by atoms with E-state index in [0.29, 0.717) is 12.0 Å². The van der Waals surface area contributed by atoms with Crippen molar-refractivity contribution in [2.24, 2.45) is 0 Å². The highest BCUT2D eigenvalue weighted by Crippen LogP contribution is 2.45. The number of hydrogen-bond donors (Lipinski definition) is 2. The molecule has 0 saturated heterocycles. The first-order valence-electron chi connectivity index (χ1n) is 7.53. The Hall–Kier alpha value is -2.43. The number of halogens is 2. The number of benzene rings is 2. The summed E-state index contributed by atoms with van der Waals surface area (Å²) < 4.78 is 26.6. The maximum absolute atomic E-state index is 13.3. The first-order valence-corrected chi connectivity index (χ1v) is 7.53. The Kier molecular flexibility index (Phi) is 4.03. The van der Waals surface area contributed by atoms with Gasteiger partial charge in [0.15, 0.2) is 11.6 Å². The van der Waals surface area contributed by atoms with Gasteiger partial charge in [-0.05, 0) is 54.7 Å². The van der Waals surface area contributed by atoms with Crippen LogP contribution >= 0.6 is 0 Å². The molecule has 3 nitrogen and oxygen atoms in total. The number of aryl methyl sites for hydroxylation is 1. The van der Waals surface area contributed by atoms with E-state index in [1.54, 1.807) is 12.1 Å². The summed E-state index contributed by atoms with van der Waals surface area (Å²) in [6.07, 6.45) is 2.16. The van der Waals surface area contributed by atoms with Gasteiger partial charge in [0.2, 0.25) is 5.91 Å². The van der Waals surface area contributed by atoms with E-state index in [0.717, 1.165) is 18.4 Å². The second kappa shape index (κ2) is 5.99. The van der Waals surface area contributed by atoms with E-state index < -0.39 is 17.1 Å². The molecule has 1 fully saturated rings. The summed E-state index contributed by atoms with van der Waals surface area (Å²) in [6, 6.07) is 10.4. The van der Waals surface area contributed by atoms with Gasteiger partial charge in [-0.2, -0.15) is 0 Å². The monoisotopic (exact) mass is 317 g/mol. The van der Waals surface area contributed by atoms with Crippen LogP contribution < -0.4 is 5.32 Å². The van der Waals surface area contributed by atoms with Gasteiger partial charge in [-0.15, -0.1) is 0 Å². The number of nitrogens with one attached hydrogen (secondary N) is 1. The molecule has 0 aliphatic heterocycles. The predicted molar refractivity (Wildman–Crippen MR) is 81.8 cm³/mol. The molecule has 1 aliphatic rings. The number of aromatic hydroxyl groups is 1. The molecule has 0 atom stereocenters. The summed E-state index contributed by atoms with van der Waals surface area (Å²) in [5.41, 5.74) is 0.965. The predicted octanol–water partition coefficient (Wildman–Crippen LogP) is 3.41. The number of phenolic OH excluding ortho intramolecular Hbond substituents is 1. The van der Waals surface area contributed by atoms with Crippen molar-refractivity contribution in [3.63, 3.8) is 0 Å². The lowest BCUT2D eigenvalue weighted by molar-refractivity contribution is -0.122. The average molecular weight is 317 g/mol. The summed E-state index contributed by atoms with van der Waals surface area (Å²) in [6.45, 7) is 0. The second-order valence-electron chi connectivity index (χ2n) is 5.93. The van der Waals surface area contributed by atoms with Gasteiger partial charge >= 0.3 is 0 Å². The van der Waals surface area contributed by atoms with Crippen molar-refractivity contribution in [3.8, 4) is 5.75 Å². The van der Waals surface area contributed by atoms with Gasteiger partial charge in [0.25, 0.3) is 0 Å². The number of carbonyl (C=O) groups excluding carboxylic acids is 1. The highest BCUT2D eigenvalue weighted by molar-refractivity contribution is 5.78. The van der Waals surface area contributed by atoms with Crippen LogP contribution in [-0.2, 0) is 16.8 Å². The maximum atomic E-state index is 13.3. The lowest BCUT2D eigenvalue weighted by Crippen LogP contribution is -2.35. The molecule has 23 heavy (non-hydrogen) atoms. The molecule has 1 amide bonds. The average Bonchev–Trinajstić information content (AvgIpc) is 3.29. The van der Waals surface area contributed by atoms with Crippen LogP contribution in [0, 0.1) is 11.6 Å². The zero-order valence-electron chi connectivity index (χ0n) is 12.5. The van der Waals surface area contributed by atoms with Crippen molar-refractivity contribution < 1.29 is 18.7 Å². The zero-order valence-corrected chi connectivity index (χ0v) is 12.5. The molecule has 0 aromatic heterocycles. The van der Waals surface area contributed by atoms with Crippen LogP contribution in [0.4, 0.5) is 8.78 Å². The molecular formula is C18H17F2NO2. The summed E-state index contributed by atoms with van der Waals surface area (Å²) >= 11 is 0. The highest BCUT2D eigenvalue weighted by Gasteiger charge is 2.45. The van der Waals surface area contributed by atoms with Gasteiger partial charge in [-0.3, -0.25) is 4.79 Å². The van der Waals surface area contributed by atoms with Crippen LogP contribution in [0.5, 0.6) is 5.75 Å². The molecule has 0 radical (unpaired) electrons. The molecule has 120 valence electrons. The van der Waals surface area contributed by atoms with Gasteiger partial charge in [0.1, 0.15) is 5.82 Å². The Morgan fingerprint density at radius 3 is 2.61 bits per heavy atom. The van der Waals surface area contributed by atoms with Crippen LogP contribution in [-0.4, -0.2) is 11.0 Å². The van der Waals surface area contributed by atoms with Crippen molar-refractivity contribution in [1.82, 2.24) is 5.32 Å². The number of rotatable bonds is 5. The van der Waals surface area contributed by atoms with Crippen LogP contribution in [0.3, 0.4) is 0 Å². The van der Waals surface area contributed by atoms with Crippen LogP contribution in [0.2, 0.25) is 0 Å². The van der Waals surface area contributed by atoms with Crippen molar-refractivity contribution in [1.29, 1.82) is 0 Å². The third-order valence-electron chi connectivity index (χ3n) is 4.16. The molecule has 2 N–H and O–H groups in total. The Morgan fingerprint density at radius 2 is 1.96 bits per heavy atom. The van der Waals surface area contributed by atoms with Gasteiger partial charge in [0, 0.05) is 6.42 Å². The maximum Gasteiger partial charge on any atom is 0.221 e. The molecule has 5 heteroatoms. The Bertz CT molecular complexity index is 742. The van der Waals surface area contributed by atoms with E-state index in [4.69, 9.17) is 5.11 Å². The fraction of sp³-hybridized carbons (Fsp3) is 0.278. The molecule has 0 unspecified atom stereocenters. The zero-order chi connectivity index (χ0) is 16.4. The Labute approximate surface area is 133 Å². The molecular weight excluding hydrogens is 300 g/mol. The van der Waals surface area contributed by atoms with Crippen LogP contribution in [0.15, 0.2) is 42.5 Å². The first-order chi connectivity index (χ1) is 11.0. The molecule has 3 rings (SSSR count). The summed E-state index contributed by atoms with van der Waals surface area (Å²) in [4.78, 5) is 12.1. The molecule has 1 aliphatic carbocycles. The van der Waals surface area contributed by atoms with Gasteiger partial charge < -0.3 is 10.4 Å². The minimum atomic E-state index is -0.693. The fourth-order valence-corrected chi connectivity index (χ4v) is 2.69. The number of hydrogen-bond acceptors (Lipinski definition) is 2. The smallest absolute Gasteiger partial charge is 0.221 e. The van der Waals surface area contributed by atoms with Crippen LogP contribution in [0.25, 0.3) is 0 Å². The van der Waals surface area contributed by atoms with Crippen LogP contribution in [0.1, 0.15) is 30.4 Å². The lowest BCUT2D eigenvalue weighted by atomic mass is 10.0. The summed E-state index contributed by atoms with van der Waals surface area (Å²) in [7, 11) is 0. The molecule has 1 saturated carbocycles. The van der Waals surface area contributed by atoms with E-state index in [1.807, 2.05) is 6.07 Å². The van der Waals surface area contributed by atoms with Crippen molar-refractivity contribution >= 4 is 5.91 Å². The second-order valence-corrected chi connectivity index (χ2v) is 5.93. The van der Waals surface area contributed by atoms with Crippen molar-refractivity contribution in [2.45, 2.75) is 31.2 Å². The van der Waals surface area contributed by atoms with E-state index in [-0.39, 0.29) is 18.1 Å². The lowest BCUT2D eigenvalue weighted by Gasteiger charge is -2.18. The Morgan fingerprint density at radius 1 is 1.17 bits per heavy atom. The standard InChI is InChI=1S/C18H17F2NO2/c19-14-3-1-2-13(11-14)18(8-9-18)21-17(23)7-5-12-4-6-16(22)15(20)10-12/h1-4,6,10-11,22H,5,7-9H2,(H,21,23). The molecule has 2 aromatic carbocycles. The minimum Gasteiger partial charge on any atom is -0.505 e.